The van der Waals surface area contributed by atoms with Crippen LogP contribution < -0.4 is 5.32 Å². The summed E-state index contributed by atoms with van der Waals surface area (Å²) in [6.45, 7) is 0. The number of hydrogen-bond donors (Lipinski definition) is 4. The van der Waals surface area contributed by atoms with Gasteiger partial charge in [-0.05, 0) is 35.2 Å². The molecule has 4 N–H and O–H groups in total. The monoisotopic (exact) mass is 434 g/mol. The lowest BCUT2D eigenvalue weighted by Crippen LogP contribution is -2.40. The summed E-state index contributed by atoms with van der Waals surface area (Å²) in [4.78, 5) is 38.5. The van der Waals surface area contributed by atoms with E-state index in [9.17, 15) is 19.5 Å². The maximum absolute atomic E-state index is 12.6. The van der Waals surface area contributed by atoms with Gasteiger partial charge in [-0.15, -0.1) is 0 Å². The van der Waals surface area contributed by atoms with Crippen molar-refractivity contribution >= 4 is 17.8 Å². The van der Waals surface area contributed by atoms with E-state index in [1.807, 2.05) is 54.6 Å². The Morgan fingerprint density at radius 3 is 2.09 bits per heavy atom. The Hall–Kier alpha value is -4.04. The lowest BCUT2D eigenvalue weighted by atomic mass is 9.97. The fourth-order valence-electron chi connectivity index (χ4n) is 3.23. The molecule has 0 saturated carbocycles. The molecule has 2 aromatic carbocycles. The molecule has 3 aromatic rings. The molecule has 1 heterocycles. The van der Waals surface area contributed by atoms with Gasteiger partial charge >= 0.3 is 11.9 Å². The lowest BCUT2D eigenvalue weighted by Gasteiger charge is -2.20. The minimum absolute atomic E-state index is 0.00996. The molecule has 8 heteroatoms. The number of nitrogens with one attached hydrogen (secondary N) is 1. The molecule has 32 heavy (non-hydrogen) atoms. The molecule has 0 aliphatic heterocycles. The number of nitrogens with zero attached hydrogens (tertiary/aromatic N) is 1. The molecule has 0 aliphatic rings. The van der Waals surface area contributed by atoms with E-state index in [-0.39, 0.29) is 17.7 Å². The van der Waals surface area contributed by atoms with Crippen LogP contribution in [0.5, 0.6) is 0 Å². The van der Waals surface area contributed by atoms with Crippen LogP contribution in [0, 0.1) is 0 Å². The van der Waals surface area contributed by atoms with Crippen molar-refractivity contribution in [3.8, 4) is 11.1 Å². The van der Waals surface area contributed by atoms with Crippen molar-refractivity contribution < 1.29 is 29.7 Å². The van der Waals surface area contributed by atoms with Gasteiger partial charge in [-0.3, -0.25) is 9.78 Å². The van der Waals surface area contributed by atoms with Gasteiger partial charge in [0.15, 0.2) is 6.10 Å². The van der Waals surface area contributed by atoms with Crippen molar-refractivity contribution in [1.82, 2.24) is 10.3 Å². The number of aliphatic hydroxyl groups excluding tert-OH is 1. The van der Waals surface area contributed by atoms with Gasteiger partial charge in [-0.1, -0.05) is 54.6 Å². The molecular formula is C24H22N2O6. The van der Waals surface area contributed by atoms with Crippen LogP contribution in [0.1, 0.15) is 32.8 Å². The standard InChI is InChI=1S/C24H22N2O6/c27-21(24(31)32)13-19(26-22(28)20-11-10-18(14-25-20)23(29)30)12-15-6-8-17(9-7-15)16-4-2-1-3-5-16/h1-11,14,19,21,27H,12-13H2,(H,26,28)(H,29,30)(H,31,32). The van der Waals surface area contributed by atoms with Crippen molar-refractivity contribution in [2.45, 2.75) is 25.0 Å². The van der Waals surface area contributed by atoms with Gasteiger partial charge in [-0.25, -0.2) is 9.59 Å². The van der Waals surface area contributed by atoms with Gasteiger partial charge in [0, 0.05) is 18.7 Å². The molecule has 3 rings (SSSR count). The van der Waals surface area contributed by atoms with Gasteiger partial charge in [0.2, 0.25) is 0 Å². The van der Waals surface area contributed by atoms with Crippen LogP contribution in [-0.2, 0) is 11.2 Å². The van der Waals surface area contributed by atoms with Gasteiger partial charge in [0.05, 0.1) is 5.56 Å². The first-order valence-corrected chi connectivity index (χ1v) is 9.89. The summed E-state index contributed by atoms with van der Waals surface area (Å²) in [7, 11) is 0. The molecule has 2 atom stereocenters. The third-order valence-corrected chi connectivity index (χ3v) is 4.91. The van der Waals surface area contributed by atoms with Crippen LogP contribution in [0.25, 0.3) is 11.1 Å². The van der Waals surface area contributed by atoms with Crippen molar-refractivity contribution in [1.29, 1.82) is 0 Å². The zero-order chi connectivity index (χ0) is 23.1. The molecule has 8 nitrogen and oxygen atoms in total. The number of aliphatic hydroxyl groups is 1. The largest absolute Gasteiger partial charge is 0.479 e. The highest BCUT2D eigenvalue weighted by Gasteiger charge is 2.23. The molecule has 0 spiro atoms. The Bertz CT molecular complexity index is 1080. The average molecular weight is 434 g/mol. The van der Waals surface area contributed by atoms with Crippen molar-refractivity contribution in [2.24, 2.45) is 0 Å². The predicted molar refractivity (Wildman–Crippen MR) is 116 cm³/mol. The molecule has 0 bridgehead atoms. The van der Waals surface area contributed by atoms with Crippen LogP contribution >= 0.6 is 0 Å². The highest BCUT2D eigenvalue weighted by atomic mass is 16.4. The Morgan fingerprint density at radius 1 is 0.875 bits per heavy atom. The molecule has 0 aliphatic carbocycles. The van der Waals surface area contributed by atoms with Gasteiger partial charge in [0.1, 0.15) is 5.69 Å². The molecule has 0 radical (unpaired) electrons. The third-order valence-electron chi connectivity index (χ3n) is 4.91. The highest BCUT2D eigenvalue weighted by Crippen LogP contribution is 2.20. The van der Waals surface area contributed by atoms with E-state index in [0.717, 1.165) is 22.9 Å². The molecule has 2 unspecified atom stereocenters. The first-order valence-electron chi connectivity index (χ1n) is 9.89. The van der Waals surface area contributed by atoms with Crippen LogP contribution in [0.3, 0.4) is 0 Å². The number of carboxylic acid groups (broad SMARTS) is 2. The average Bonchev–Trinajstić information content (AvgIpc) is 2.80. The van der Waals surface area contributed by atoms with E-state index in [4.69, 9.17) is 10.2 Å². The number of benzene rings is 2. The van der Waals surface area contributed by atoms with Gasteiger partial charge in [-0.2, -0.15) is 0 Å². The van der Waals surface area contributed by atoms with Crippen LogP contribution in [-0.4, -0.2) is 50.3 Å². The second kappa shape index (κ2) is 10.3. The van der Waals surface area contributed by atoms with E-state index in [1.54, 1.807) is 0 Å². The Morgan fingerprint density at radius 2 is 1.53 bits per heavy atom. The second-order valence-corrected chi connectivity index (χ2v) is 7.26. The number of aromatic carboxylic acids is 1. The normalized spacial score (nSPS) is 12.5. The van der Waals surface area contributed by atoms with Crippen molar-refractivity contribution in [3.63, 3.8) is 0 Å². The van der Waals surface area contributed by atoms with E-state index < -0.39 is 30.0 Å². The number of rotatable bonds is 9. The zero-order valence-electron chi connectivity index (χ0n) is 17.0. The molecule has 1 aromatic heterocycles. The predicted octanol–water partition coefficient (Wildman–Crippen LogP) is 2.62. The SMILES string of the molecule is O=C(O)c1ccc(C(=O)NC(Cc2ccc(-c3ccccc3)cc2)CC(O)C(=O)O)nc1. The second-order valence-electron chi connectivity index (χ2n) is 7.26. The number of carboxylic acids is 2. The Balaban J connectivity index is 1.74. The Labute approximate surface area is 184 Å². The van der Waals surface area contributed by atoms with Crippen LogP contribution in [0.2, 0.25) is 0 Å². The highest BCUT2D eigenvalue weighted by molar-refractivity contribution is 5.94. The first kappa shape index (κ1) is 22.6. The number of aromatic nitrogens is 1. The van der Waals surface area contributed by atoms with E-state index in [1.165, 1.54) is 12.1 Å². The minimum atomic E-state index is -1.65. The summed E-state index contributed by atoms with van der Waals surface area (Å²) < 4.78 is 0. The third kappa shape index (κ3) is 5.99. The smallest absolute Gasteiger partial charge is 0.337 e. The van der Waals surface area contributed by atoms with E-state index in [0.29, 0.717) is 6.42 Å². The summed E-state index contributed by atoms with van der Waals surface area (Å²) in [5, 5.41) is 30.5. The summed E-state index contributed by atoms with van der Waals surface area (Å²) in [6, 6.07) is 19.3. The fourth-order valence-corrected chi connectivity index (χ4v) is 3.23. The van der Waals surface area contributed by atoms with Gasteiger partial charge in [0.25, 0.3) is 5.91 Å². The summed E-state index contributed by atoms with van der Waals surface area (Å²) >= 11 is 0. The lowest BCUT2D eigenvalue weighted by molar-refractivity contribution is -0.147. The molecule has 0 fully saturated rings. The van der Waals surface area contributed by atoms with Crippen LogP contribution in [0.15, 0.2) is 72.9 Å². The molecule has 0 saturated heterocycles. The topological polar surface area (TPSA) is 137 Å². The molecule has 1 amide bonds. The van der Waals surface area contributed by atoms with Gasteiger partial charge < -0.3 is 20.6 Å². The maximum Gasteiger partial charge on any atom is 0.337 e. The van der Waals surface area contributed by atoms with E-state index >= 15 is 0 Å². The molecular weight excluding hydrogens is 412 g/mol. The minimum Gasteiger partial charge on any atom is -0.479 e. The maximum atomic E-state index is 12.6. The number of pyridine rings is 1. The number of carbonyl (C=O) groups excluding carboxylic acids is 1. The number of aliphatic carboxylic acids is 1. The zero-order valence-corrected chi connectivity index (χ0v) is 17.0. The number of carbonyl (C=O) groups is 3. The van der Waals surface area contributed by atoms with E-state index in [2.05, 4.69) is 10.3 Å². The Kier molecular flexibility index (Phi) is 7.30. The summed E-state index contributed by atoms with van der Waals surface area (Å²) in [5.41, 5.74) is 2.85. The summed E-state index contributed by atoms with van der Waals surface area (Å²) in [6.07, 6.45) is -0.487. The molecule has 164 valence electrons. The van der Waals surface area contributed by atoms with Crippen LogP contribution in [0.4, 0.5) is 0 Å². The number of hydrogen-bond acceptors (Lipinski definition) is 5. The fraction of sp³-hybridized carbons (Fsp3) is 0.167. The van der Waals surface area contributed by atoms with Crippen molar-refractivity contribution in [3.05, 3.63) is 89.7 Å². The quantitative estimate of drug-likeness (QED) is 0.406. The summed E-state index contributed by atoms with van der Waals surface area (Å²) in [5.74, 6) is -3.14. The first-order chi connectivity index (χ1) is 15.3. The number of amides is 1. The van der Waals surface area contributed by atoms with Crippen molar-refractivity contribution in [2.75, 3.05) is 0 Å².